The molecule has 8 nitrogen and oxygen atoms in total. The highest BCUT2D eigenvalue weighted by atomic mass is 35.5. The maximum Gasteiger partial charge on any atom is 0.256 e. The van der Waals surface area contributed by atoms with Gasteiger partial charge in [-0.2, -0.15) is 0 Å². The molecule has 0 aromatic heterocycles. The molecule has 0 bridgehead atoms. The number of likely N-dealkylation sites (N-methyl/N-ethyl adjacent to an activating group) is 1. The van der Waals surface area contributed by atoms with Gasteiger partial charge in [-0.05, 0) is 80.8 Å². The average Bonchev–Trinajstić information content (AvgIpc) is 3.10. The van der Waals surface area contributed by atoms with Gasteiger partial charge in [-0.3, -0.25) is 14.5 Å². The van der Waals surface area contributed by atoms with E-state index < -0.39 is 6.04 Å². The monoisotopic (exact) mass is 529 g/mol. The van der Waals surface area contributed by atoms with Crippen molar-refractivity contribution >= 4 is 52.1 Å². The predicted molar refractivity (Wildman–Crippen MR) is 147 cm³/mol. The van der Waals surface area contributed by atoms with Gasteiger partial charge in [0.05, 0.1) is 19.2 Å². The van der Waals surface area contributed by atoms with Crippen LogP contribution < -0.4 is 15.0 Å². The van der Waals surface area contributed by atoms with E-state index in [2.05, 4.69) is 22.2 Å². The molecule has 0 unspecified atom stereocenters. The quantitative estimate of drug-likeness (QED) is 0.500. The maximum atomic E-state index is 13.5. The van der Waals surface area contributed by atoms with Crippen LogP contribution in [0.25, 0.3) is 0 Å². The number of ether oxygens (including phenoxy) is 1. The zero-order valence-electron chi connectivity index (χ0n) is 20.7. The Balaban J connectivity index is 1.45. The van der Waals surface area contributed by atoms with Crippen LogP contribution in [0.1, 0.15) is 12.8 Å². The number of carbonyl (C=O) groups excluding carboxylic acids is 2. The third kappa shape index (κ3) is 6.34. The van der Waals surface area contributed by atoms with E-state index in [0.717, 1.165) is 39.1 Å². The lowest BCUT2D eigenvalue weighted by Crippen LogP contribution is -2.45. The van der Waals surface area contributed by atoms with Gasteiger partial charge in [0.2, 0.25) is 5.91 Å². The van der Waals surface area contributed by atoms with Crippen LogP contribution >= 0.6 is 23.8 Å². The number of carbonyl (C=O) groups is 2. The van der Waals surface area contributed by atoms with Crippen molar-refractivity contribution in [3.05, 3.63) is 53.6 Å². The second-order valence-corrected chi connectivity index (χ2v) is 9.92. The molecule has 2 aliphatic heterocycles. The van der Waals surface area contributed by atoms with Crippen molar-refractivity contribution in [3.8, 4) is 5.75 Å². The number of hydrogen-bond donors (Lipinski definition) is 1. The number of methoxy groups -OCH3 is 1. The highest BCUT2D eigenvalue weighted by Crippen LogP contribution is 2.29. The van der Waals surface area contributed by atoms with E-state index in [1.54, 1.807) is 55.6 Å². The number of anilines is 2. The molecule has 1 atom stereocenters. The van der Waals surface area contributed by atoms with E-state index in [0.29, 0.717) is 33.8 Å². The minimum absolute atomic E-state index is 0.00357. The van der Waals surface area contributed by atoms with E-state index >= 15 is 0 Å². The molecule has 10 heteroatoms. The maximum absolute atomic E-state index is 13.5. The number of rotatable bonds is 9. The Hall–Kier alpha value is -2.72. The van der Waals surface area contributed by atoms with E-state index in [-0.39, 0.29) is 18.2 Å². The van der Waals surface area contributed by atoms with Crippen LogP contribution in [-0.2, 0) is 9.59 Å². The highest BCUT2D eigenvalue weighted by molar-refractivity contribution is 7.80. The third-order valence-corrected chi connectivity index (χ3v) is 7.29. The number of hydrogen-bond acceptors (Lipinski definition) is 6. The molecule has 0 spiro atoms. The van der Waals surface area contributed by atoms with Gasteiger partial charge in [-0.25, -0.2) is 0 Å². The summed E-state index contributed by atoms with van der Waals surface area (Å²) >= 11 is 11.8. The lowest BCUT2D eigenvalue weighted by atomic mass is 10.1. The van der Waals surface area contributed by atoms with Gasteiger partial charge >= 0.3 is 0 Å². The second kappa shape index (κ2) is 12.0. The normalized spacial score (nSPS) is 19.1. The van der Waals surface area contributed by atoms with Crippen LogP contribution in [0.4, 0.5) is 11.4 Å². The molecule has 2 saturated heterocycles. The fourth-order valence-corrected chi connectivity index (χ4v) is 5.05. The number of nitrogens with zero attached hydrogens (tertiary/aromatic N) is 4. The zero-order chi connectivity index (χ0) is 25.7. The van der Waals surface area contributed by atoms with Crippen molar-refractivity contribution in [2.45, 2.75) is 18.9 Å². The van der Waals surface area contributed by atoms with Gasteiger partial charge < -0.3 is 24.8 Å². The number of thiocarbonyl (C=S) groups is 1. The van der Waals surface area contributed by atoms with Gasteiger partial charge in [0.25, 0.3) is 5.91 Å². The molecule has 1 N–H and O–H groups in total. The van der Waals surface area contributed by atoms with Crippen LogP contribution in [0.2, 0.25) is 5.02 Å². The fourth-order valence-electron chi connectivity index (χ4n) is 4.51. The standard InChI is InChI=1S/C26H32ClN5O3S/c1-29-14-16-30(17-15-29)12-3-13-31-23(18-24(33)28-20-6-10-22(35-2)11-7-20)25(34)32(26(31)36)21-8-4-19(27)5-9-21/h4-11,23H,3,12-18H2,1-2H3,(H,28,33)/t23-/m0/s1. The Bertz CT molecular complexity index is 1070. The minimum Gasteiger partial charge on any atom is -0.497 e. The molecule has 2 aromatic rings. The SMILES string of the molecule is COc1ccc(NC(=O)C[C@H]2C(=O)N(c3ccc(Cl)cc3)C(=S)N2CCCN2CCN(C)CC2)cc1. The molecular weight excluding hydrogens is 498 g/mol. The molecule has 2 fully saturated rings. The number of benzene rings is 2. The van der Waals surface area contributed by atoms with E-state index in [1.807, 2.05) is 4.90 Å². The zero-order valence-corrected chi connectivity index (χ0v) is 22.2. The van der Waals surface area contributed by atoms with Gasteiger partial charge in [0, 0.05) is 43.4 Å². The molecule has 192 valence electrons. The van der Waals surface area contributed by atoms with Gasteiger partial charge in [0.1, 0.15) is 11.8 Å². The van der Waals surface area contributed by atoms with Crippen molar-refractivity contribution in [1.82, 2.24) is 14.7 Å². The van der Waals surface area contributed by atoms with Gasteiger partial charge in [-0.1, -0.05) is 11.6 Å². The molecule has 0 aliphatic carbocycles. The summed E-state index contributed by atoms with van der Waals surface area (Å²) in [7, 11) is 3.73. The molecule has 2 heterocycles. The summed E-state index contributed by atoms with van der Waals surface area (Å²) in [6.45, 7) is 5.70. The first kappa shape index (κ1) is 26.3. The van der Waals surface area contributed by atoms with Crippen molar-refractivity contribution < 1.29 is 14.3 Å². The first-order valence-electron chi connectivity index (χ1n) is 12.1. The van der Waals surface area contributed by atoms with Crippen molar-refractivity contribution in [1.29, 1.82) is 0 Å². The smallest absolute Gasteiger partial charge is 0.256 e. The first-order valence-corrected chi connectivity index (χ1v) is 12.9. The predicted octanol–water partition coefficient (Wildman–Crippen LogP) is 3.32. The summed E-state index contributed by atoms with van der Waals surface area (Å²) in [5.74, 6) is 0.254. The van der Waals surface area contributed by atoms with E-state index in [9.17, 15) is 9.59 Å². The number of amides is 2. The minimum atomic E-state index is -0.668. The van der Waals surface area contributed by atoms with Crippen molar-refractivity contribution in [2.75, 3.05) is 63.6 Å². The molecule has 0 saturated carbocycles. The molecule has 36 heavy (non-hydrogen) atoms. The summed E-state index contributed by atoms with van der Waals surface area (Å²) in [5, 5.41) is 3.88. The van der Waals surface area contributed by atoms with E-state index in [1.165, 1.54) is 4.90 Å². The summed E-state index contributed by atoms with van der Waals surface area (Å²) in [6.07, 6.45) is 0.853. The lowest BCUT2D eigenvalue weighted by molar-refractivity contribution is -0.124. The highest BCUT2D eigenvalue weighted by Gasteiger charge is 2.43. The second-order valence-electron chi connectivity index (χ2n) is 9.12. The van der Waals surface area contributed by atoms with Crippen LogP contribution in [0.15, 0.2) is 48.5 Å². The van der Waals surface area contributed by atoms with Crippen molar-refractivity contribution in [3.63, 3.8) is 0 Å². The Kier molecular flexibility index (Phi) is 8.79. The topological polar surface area (TPSA) is 68.4 Å². The molecule has 2 aliphatic rings. The Labute approximate surface area is 222 Å². The van der Waals surface area contributed by atoms with Crippen LogP contribution in [0, 0.1) is 0 Å². The van der Waals surface area contributed by atoms with Crippen molar-refractivity contribution in [2.24, 2.45) is 0 Å². The third-order valence-electron chi connectivity index (χ3n) is 6.63. The molecular formula is C26H32ClN5O3S. The number of piperazine rings is 1. The largest absolute Gasteiger partial charge is 0.497 e. The summed E-state index contributed by atoms with van der Waals surface area (Å²) in [6, 6.07) is 13.4. The molecule has 2 amide bonds. The lowest BCUT2D eigenvalue weighted by Gasteiger charge is -2.33. The van der Waals surface area contributed by atoms with E-state index in [4.69, 9.17) is 28.6 Å². The first-order chi connectivity index (χ1) is 17.4. The van der Waals surface area contributed by atoms with Crippen LogP contribution in [0.5, 0.6) is 5.75 Å². The van der Waals surface area contributed by atoms with Gasteiger partial charge in [0.15, 0.2) is 5.11 Å². The Morgan fingerprint density at radius 3 is 2.36 bits per heavy atom. The number of halogens is 1. The summed E-state index contributed by atoms with van der Waals surface area (Å²) in [5.41, 5.74) is 1.29. The summed E-state index contributed by atoms with van der Waals surface area (Å²) in [4.78, 5) is 34.7. The van der Waals surface area contributed by atoms with Crippen LogP contribution in [0.3, 0.4) is 0 Å². The molecule has 2 aromatic carbocycles. The van der Waals surface area contributed by atoms with Crippen LogP contribution in [-0.4, -0.2) is 91.1 Å². The Morgan fingerprint density at radius 2 is 1.72 bits per heavy atom. The molecule has 0 radical (unpaired) electrons. The average molecular weight is 530 g/mol. The molecule has 4 rings (SSSR count). The van der Waals surface area contributed by atoms with Gasteiger partial charge in [-0.15, -0.1) is 0 Å². The number of nitrogens with one attached hydrogen (secondary N) is 1. The fraction of sp³-hybridized carbons (Fsp3) is 0.423. The Morgan fingerprint density at radius 1 is 1.06 bits per heavy atom. The summed E-state index contributed by atoms with van der Waals surface area (Å²) < 4.78 is 5.17.